The first-order chi connectivity index (χ1) is 13.1. The molecule has 0 aliphatic carbocycles. The van der Waals surface area contributed by atoms with Crippen molar-refractivity contribution in [2.24, 2.45) is 0 Å². The number of benzene rings is 1. The SMILES string of the molecule is O=C(/C=C/c1ccccc1OC(F)F)Nc1ccn(Cc2ccncc2)n1. The van der Waals surface area contributed by atoms with Crippen LogP contribution in [0.15, 0.2) is 67.1 Å². The molecule has 0 fully saturated rings. The van der Waals surface area contributed by atoms with Crippen molar-refractivity contribution in [1.29, 1.82) is 0 Å². The molecule has 0 spiro atoms. The molecule has 0 saturated heterocycles. The van der Waals surface area contributed by atoms with E-state index in [4.69, 9.17) is 0 Å². The summed E-state index contributed by atoms with van der Waals surface area (Å²) in [5.41, 5.74) is 1.40. The minimum atomic E-state index is -2.93. The smallest absolute Gasteiger partial charge is 0.387 e. The topological polar surface area (TPSA) is 69.0 Å². The number of nitrogens with one attached hydrogen (secondary N) is 1. The maximum absolute atomic E-state index is 12.4. The largest absolute Gasteiger partial charge is 0.434 e. The second-order valence-electron chi connectivity index (χ2n) is 5.49. The van der Waals surface area contributed by atoms with Crippen molar-refractivity contribution in [3.05, 3.63) is 78.3 Å². The summed E-state index contributed by atoms with van der Waals surface area (Å²) >= 11 is 0. The molecule has 138 valence electrons. The molecule has 0 aliphatic heterocycles. The summed E-state index contributed by atoms with van der Waals surface area (Å²) in [6.45, 7) is -2.38. The summed E-state index contributed by atoms with van der Waals surface area (Å²) in [6.07, 6.45) is 7.77. The van der Waals surface area contributed by atoms with E-state index in [1.807, 2.05) is 12.1 Å². The Morgan fingerprint density at radius 2 is 1.96 bits per heavy atom. The van der Waals surface area contributed by atoms with Gasteiger partial charge in [-0.25, -0.2) is 0 Å². The summed E-state index contributed by atoms with van der Waals surface area (Å²) in [6, 6.07) is 11.6. The minimum Gasteiger partial charge on any atom is -0.434 e. The highest BCUT2D eigenvalue weighted by atomic mass is 19.3. The Hall–Kier alpha value is -3.55. The van der Waals surface area contributed by atoms with E-state index < -0.39 is 12.5 Å². The quantitative estimate of drug-likeness (QED) is 0.646. The number of anilines is 1. The van der Waals surface area contributed by atoms with Gasteiger partial charge in [0.2, 0.25) is 5.91 Å². The van der Waals surface area contributed by atoms with Crippen LogP contribution in [-0.2, 0) is 11.3 Å². The third-order valence-corrected chi connectivity index (χ3v) is 3.54. The number of amides is 1. The number of pyridine rings is 1. The molecule has 0 bridgehead atoms. The van der Waals surface area contributed by atoms with E-state index in [0.29, 0.717) is 17.9 Å². The van der Waals surface area contributed by atoms with Gasteiger partial charge in [0, 0.05) is 36.3 Å². The monoisotopic (exact) mass is 370 g/mol. The van der Waals surface area contributed by atoms with E-state index in [0.717, 1.165) is 5.56 Å². The van der Waals surface area contributed by atoms with Crippen molar-refractivity contribution in [2.45, 2.75) is 13.2 Å². The van der Waals surface area contributed by atoms with Crippen LogP contribution in [0, 0.1) is 0 Å². The summed E-state index contributed by atoms with van der Waals surface area (Å²) in [4.78, 5) is 16.0. The minimum absolute atomic E-state index is 0.00169. The molecule has 0 aliphatic rings. The lowest BCUT2D eigenvalue weighted by atomic mass is 10.2. The molecule has 1 N–H and O–H groups in total. The van der Waals surface area contributed by atoms with E-state index in [2.05, 4.69) is 20.1 Å². The normalized spacial score (nSPS) is 11.1. The fraction of sp³-hybridized carbons (Fsp3) is 0.105. The van der Waals surface area contributed by atoms with E-state index in [1.165, 1.54) is 18.2 Å². The van der Waals surface area contributed by atoms with Crippen LogP contribution < -0.4 is 10.1 Å². The zero-order valence-electron chi connectivity index (χ0n) is 14.1. The fourth-order valence-corrected chi connectivity index (χ4v) is 2.35. The first-order valence-corrected chi connectivity index (χ1v) is 8.05. The number of carbonyl (C=O) groups excluding carboxylic acids is 1. The van der Waals surface area contributed by atoms with E-state index in [1.54, 1.807) is 47.5 Å². The molecule has 6 nitrogen and oxygen atoms in total. The van der Waals surface area contributed by atoms with Crippen molar-refractivity contribution < 1.29 is 18.3 Å². The van der Waals surface area contributed by atoms with Crippen LogP contribution in [0.25, 0.3) is 6.08 Å². The average Bonchev–Trinajstić information content (AvgIpc) is 3.08. The van der Waals surface area contributed by atoms with Crippen molar-refractivity contribution in [2.75, 3.05) is 5.32 Å². The maximum atomic E-state index is 12.4. The average molecular weight is 370 g/mol. The highest BCUT2D eigenvalue weighted by molar-refractivity contribution is 6.01. The highest BCUT2D eigenvalue weighted by Crippen LogP contribution is 2.21. The van der Waals surface area contributed by atoms with E-state index >= 15 is 0 Å². The van der Waals surface area contributed by atoms with Crippen LogP contribution in [0.4, 0.5) is 14.6 Å². The number of aromatic nitrogens is 3. The van der Waals surface area contributed by atoms with Crippen molar-refractivity contribution in [1.82, 2.24) is 14.8 Å². The fourth-order valence-electron chi connectivity index (χ4n) is 2.35. The molecule has 2 heterocycles. The molecule has 8 heteroatoms. The van der Waals surface area contributed by atoms with Gasteiger partial charge in [-0.05, 0) is 29.8 Å². The lowest BCUT2D eigenvalue weighted by Gasteiger charge is -2.07. The van der Waals surface area contributed by atoms with Gasteiger partial charge >= 0.3 is 6.61 Å². The van der Waals surface area contributed by atoms with Gasteiger partial charge in [0.25, 0.3) is 0 Å². The number of hydrogen-bond donors (Lipinski definition) is 1. The number of halogens is 2. The Morgan fingerprint density at radius 1 is 1.19 bits per heavy atom. The Balaban J connectivity index is 1.61. The Kier molecular flexibility index (Phi) is 5.88. The lowest BCUT2D eigenvalue weighted by Crippen LogP contribution is -2.09. The molecule has 3 rings (SSSR count). The summed E-state index contributed by atoms with van der Waals surface area (Å²) in [5.74, 6) is -0.0509. The highest BCUT2D eigenvalue weighted by Gasteiger charge is 2.08. The van der Waals surface area contributed by atoms with Gasteiger partial charge < -0.3 is 10.1 Å². The zero-order chi connectivity index (χ0) is 19.1. The number of hydrogen-bond acceptors (Lipinski definition) is 4. The van der Waals surface area contributed by atoms with Crippen LogP contribution >= 0.6 is 0 Å². The molecule has 1 amide bonds. The van der Waals surface area contributed by atoms with Crippen molar-refractivity contribution in [3.8, 4) is 5.75 Å². The zero-order valence-corrected chi connectivity index (χ0v) is 14.1. The van der Waals surface area contributed by atoms with Crippen LogP contribution in [0.2, 0.25) is 0 Å². The first-order valence-electron chi connectivity index (χ1n) is 8.05. The van der Waals surface area contributed by atoms with Gasteiger partial charge in [0.15, 0.2) is 5.82 Å². The van der Waals surface area contributed by atoms with E-state index in [9.17, 15) is 13.6 Å². The molecule has 3 aromatic rings. The molecule has 0 atom stereocenters. The first kappa shape index (κ1) is 18.2. The third-order valence-electron chi connectivity index (χ3n) is 3.54. The van der Waals surface area contributed by atoms with Crippen LogP contribution in [0.5, 0.6) is 5.75 Å². The number of rotatable bonds is 7. The number of para-hydroxylation sites is 1. The molecule has 1 aromatic carbocycles. The Bertz CT molecular complexity index is 926. The van der Waals surface area contributed by atoms with Gasteiger partial charge in [0.05, 0.1) is 6.54 Å². The Labute approximate surface area is 154 Å². The van der Waals surface area contributed by atoms with Crippen molar-refractivity contribution >= 4 is 17.8 Å². The predicted octanol–water partition coefficient (Wildman–Crippen LogP) is 3.58. The maximum Gasteiger partial charge on any atom is 0.387 e. The molecule has 0 radical (unpaired) electrons. The van der Waals surface area contributed by atoms with Crippen LogP contribution in [-0.4, -0.2) is 27.3 Å². The molecular formula is C19H16F2N4O2. The number of nitrogens with zero attached hydrogens (tertiary/aromatic N) is 3. The van der Waals surface area contributed by atoms with Gasteiger partial charge in [-0.15, -0.1) is 0 Å². The summed E-state index contributed by atoms with van der Waals surface area (Å²) < 4.78 is 30.9. The van der Waals surface area contributed by atoms with Gasteiger partial charge in [-0.1, -0.05) is 18.2 Å². The van der Waals surface area contributed by atoms with Crippen LogP contribution in [0.1, 0.15) is 11.1 Å². The number of ether oxygens (including phenoxy) is 1. The molecular weight excluding hydrogens is 354 g/mol. The third kappa shape index (κ3) is 5.46. The van der Waals surface area contributed by atoms with Crippen molar-refractivity contribution in [3.63, 3.8) is 0 Å². The van der Waals surface area contributed by atoms with E-state index in [-0.39, 0.29) is 5.75 Å². The second kappa shape index (κ2) is 8.70. The molecule has 0 saturated carbocycles. The van der Waals surface area contributed by atoms with Gasteiger partial charge in [0.1, 0.15) is 5.75 Å². The van der Waals surface area contributed by atoms with Crippen LogP contribution in [0.3, 0.4) is 0 Å². The second-order valence-corrected chi connectivity index (χ2v) is 5.49. The molecule has 0 unspecified atom stereocenters. The predicted molar refractivity (Wildman–Crippen MR) is 96.3 cm³/mol. The number of carbonyl (C=O) groups is 1. The summed E-state index contributed by atoms with van der Waals surface area (Å²) in [7, 11) is 0. The lowest BCUT2D eigenvalue weighted by molar-refractivity contribution is -0.111. The van der Waals surface area contributed by atoms with Gasteiger partial charge in [-0.2, -0.15) is 13.9 Å². The van der Waals surface area contributed by atoms with Gasteiger partial charge in [-0.3, -0.25) is 14.5 Å². The standard InChI is InChI=1S/C19H16F2N4O2/c20-19(21)27-16-4-2-1-3-15(16)5-6-18(26)23-17-9-12-25(24-17)13-14-7-10-22-11-8-14/h1-12,19H,13H2,(H,23,24,26)/b6-5+. The molecule has 2 aromatic heterocycles. The number of alkyl halides is 2. The molecule has 27 heavy (non-hydrogen) atoms. The summed E-state index contributed by atoms with van der Waals surface area (Å²) in [5, 5.41) is 6.88. The Morgan fingerprint density at radius 3 is 2.74 bits per heavy atom.